The van der Waals surface area contributed by atoms with Crippen LogP contribution in [0.2, 0.25) is 0 Å². The van der Waals surface area contributed by atoms with Gasteiger partial charge in [0.1, 0.15) is 0 Å². The van der Waals surface area contributed by atoms with Crippen LogP contribution in [0.25, 0.3) is 0 Å². The van der Waals surface area contributed by atoms with Gasteiger partial charge in [-0.15, -0.1) is 12.4 Å². The summed E-state index contributed by atoms with van der Waals surface area (Å²) in [6.45, 7) is 5.06. The molecule has 1 aromatic carbocycles. The van der Waals surface area contributed by atoms with Gasteiger partial charge in [0.15, 0.2) is 0 Å². The zero-order chi connectivity index (χ0) is 14.6. The average Bonchev–Trinajstić information content (AvgIpc) is 2.45. The summed E-state index contributed by atoms with van der Waals surface area (Å²) in [7, 11) is 1.68. The highest BCUT2D eigenvalue weighted by Crippen LogP contribution is 2.06. The van der Waals surface area contributed by atoms with Crippen molar-refractivity contribution in [3.63, 3.8) is 0 Å². The molecule has 2 N–H and O–H groups in total. The number of aryl methyl sites for hydroxylation is 2. The number of carbonyl (C=O) groups is 1. The first-order chi connectivity index (χ1) is 9.72. The third-order valence-electron chi connectivity index (χ3n) is 3.10. The first-order valence-corrected chi connectivity index (χ1v) is 7.24. The van der Waals surface area contributed by atoms with Crippen molar-refractivity contribution < 1.29 is 9.53 Å². The number of ether oxygens (including phenoxy) is 1. The van der Waals surface area contributed by atoms with Gasteiger partial charge >= 0.3 is 0 Å². The highest BCUT2D eigenvalue weighted by atomic mass is 35.5. The Morgan fingerprint density at radius 1 is 1.14 bits per heavy atom. The monoisotopic (exact) mass is 314 g/mol. The van der Waals surface area contributed by atoms with Crippen molar-refractivity contribution in [3.8, 4) is 0 Å². The fourth-order valence-corrected chi connectivity index (χ4v) is 1.89. The van der Waals surface area contributed by atoms with Gasteiger partial charge in [-0.2, -0.15) is 0 Å². The van der Waals surface area contributed by atoms with E-state index in [0.717, 1.165) is 25.9 Å². The molecule has 0 atom stereocenters. The van der Waals surface area contributed by atoms with E-state index in [4.69, 9.17) is 4.74 Å². The molecule has 0 saturated heterocycles. The molecule has 1 amide bonds. The number of halogens is 1. The number of nitrogens with one attached hydrogen (secondary N) is 2. The summed E-state index contributed by atoms with van der Waals surface area (Å²) in [6.07, 6.45) is 2.44. The minimum absolute atomic E-state index is 0. The standard InChI is InChI=1S/C16H26N2O2.ClH/c1-14-6-8-15(9-7-14)4-3-5-16(19)18-11-10-17-12-13-20-2;/h6-9,17H,3-5,10-13H2,1-2H3,(H,18,19);1H. The zero-order valence-electron chi connectivity index (χ0n) is 13.0. The summed E-state index contributed by atoms with van der Waals surface area (Å²) in [5, 5.41) is 6.10. The predicted molar refractivity (Wildman–Crippen MR) is 89.1 cm³/mol. The van der Waals surface area contributed by atoms with Gasteiger partial charge in [0.05, 0.1) is 6.61 Å². The van der Waals surface area contributed by atoms with Crippen LogP contribution in [-0.4, -0.2) is 39.3 Å². The molecule has 21 heavy (non-hydrogen) atoms. The van der Waals surface area contributed by atoms with Gasteiger partial charge < -0.3 is 15.4 Å². The number of hydrogen-bond acceptors (Lipinski definition) is 3. The molecule has 4 nitrogen and oxygen atoms in total. The number of rotatable bonds is 10. The molecule has 5 heteroatoms. The number of benzene rings is 1. The molecule has 0 aromatic heterocycles. The first-order valence-electron chi connectivity index (χ1n) is 7.24. The Morgan fingerprint density at radius 2 is 1.86 bits per heavy atom. The fraction of sp³-hybridized carbons (Fsp3) is 0.562. The van der Waals surface area contributed by atoms with Crippen molar-refractivity contribution in [2.45, 2.75) is 26.2 Å². The van der Waals surface area contributed by atoms with Crippen LogP contribution in [0.4, 0.5) is 0 Å². The Labute approximate surface area is 134 Å². The third kappa shape index (κ3) is 10.3. The molecule has 0 heterocycles. The van der Waals surface area contributed by atoms with Crippen molar-refractivity contribution in [2.75, 3.05) is 33.4 Å². The van der Waals surface area contributed by atoms with Crippen LogP contribution in [0.3, 0.4) is 0 Å². The maximum Gasteiger partial charge on any atom is 0.220 e. The topological polar surface area (TPSA) is 50.4 Å². The molecule has 0 aliphatic carbocycles. The van der Waals surface area contributed by atoms with E-state index in [9.17, 15) is 4.79 Å². The largest absolute Gasteiger partial charge is 0.383 e. The molecule has 0 radical (unpaired) electrons. The van der Waals surface area contributed by atoms with Crippen molar-refractivity contribution in [1.29, 1.82) is 0 Å². The molecule has 0 unspecified atom stereocenters. The number of hydrogen-bond donors (Lipinski definition) is 2. The molecule has 120 valence electrons. The summed E-state index contributed by atoms with van der Waals surface area (Å²) in [4.78, 5) is 11.6. The van der Waals surface area contributed by atoms with Gasteiger partial charge in [0.2, 0.25) is 5.91 Å². The Hall–Kier alpha value is -1.10. The lowest BCUT2D eigenvalue weighted by Crippen LogP contribution is -2.32. The van der Waals surface area contributed by atoms with Crippen LogP contribution in [-0.2, 0) is 16.0 Å². The molecule has 0 aliphatic heterocycles. The quantitative estimate of drug-likeness (QED) is 0.650. The minimum Gasteiger partial charge on any atom is -0.383 e. The molecule has 1 rings (SSSR count). The molecular formula is C16H27ClN2O2. The second-order valence-corrected chi connectivity index (χ2v) is 4.93. The Kier molecular flexibility index (Phi) is 12.0. The van der Waals surface area contributed by atoms with Gasteiger partial charge in [-0.25, -0.2) is 0 Å². The SMILES string of the molecule is COCCNCCNC(=O)CCCc1ccc(C)cc1.Cl. The normalized spacial score (nSPS) is 10.0. The van der Waals surface area contributed by atoms with E-state index in [1.54, 1.807) is 7.11 Å². The fourth-order valence-electron chi connectivity index (χ4n) is 1.89. The lowest BCUT2D eigenvalue weighted by Gasteiger charge is -2.06. The highest BCUT2D eigenvalue weighted by molar-refractivity contribution is 5.85. The van der Waals surface area contributed by atoms with E-state index in [1.807, 2.05) is 0 Å². The van der Waals surface area contributed by atoms with Crippen LogP contribution < -0.4 is 10.6 Å². The van der Waals surface area contributed by atoms with E-state index < -0.39 is 0 Å². The third-order valence-corrected chi connectivity index (χ3v) is 3.10. The van der Waals surface area contributed by atoms with Gasteiger partial charge in [-0.05, 0) is 25.3 Å². The van der Waals surface area contributed by atoms with Crippen LogP contribution in [0.15, 0.2) is 24.3 Å². The minimum atomic E-state index is 0. The van der Waals surface area contributed by atoms with Crippen LogP contribution in [0, 0.1) is 6.92 Å². The van der Waals surface area contributed by atoms with Crippen LogP contribution in [0.1, 0.15) is 24.0 Å². The van der Waals surface area contributed by atoms with Gasteiger partial charge in [-0.3, -0.25) is 4.79 Å². The van der Waals surface area contributed by atoms with Crippen molar-refractivity contribution in [3.05, 3.63) is 35.4 Å². The van der Waals surface area contributed by atoms with Gasteiger partial charge in [0.25, 0.3) is 0 Å². The van der Waals surface area contributed by atoms with E-state index >= 15 is 0 Å². The second kappa shape index (κ2) is 12.6. The van der Waals surface area contributed by atoms with Crippen LogP contribution >= 0.6 is 12.4 Å². The van der Waals surface area contributed by atoms with Crippen molar-refractivity contribution in [2.24, 2.45) is 0 Å². The molecule has 0 saturated carbocycles. The predicted octanol–water partition coefficient (Wildman–Crippen LogP) is 2.09. The molecule has 0 bridgehead atoms. The lowest BCUT2D eigenvalue weighted by molar-refractivity contribution is -0.121. The second-order valence-electron chi connectivity index (χ2n) is 4.93. The van der Waals surface area contributed by atoms with Gasteiger partial charge in [-0.1, -0.05) is 29.8 Å². The molecular weight excluding hydrogens is 288 g/mol. The van der Waals surface area contributed by atoms with E-state index in [0.29, 0.717) is 19.6 Å². The molecule has 0 spiro atoms. The Morgan fingerprint density at radius 3 is 2.52 bits per heavy atom. The molecule has 0 aliphatic rings. The maximum absolute atomic E-state index is 11.6. The molecule has 0 fully saturated rings. The van der Waals surface area contributed by atoms with Gasteiger partial charge in [0, 0.05) is 33.2 Å². The number of carbonyl (C=O) groups excluding carboxylic acids is 1. The average molecular weight is 315 g/mol. The van der Waals surface area contributed by atoms with Crippen molar-refractivity contribution >= 4 is 18.3 Å². The Bertz CT molecular complexity index is 382. The lowest BCUT2D eigenvalue weighted by atomic mass is 10.1. The van der Waals surface area contributed by atoms with E-state index in [1.165, 1.54) is 11.1 Å². The highest BCUT2D eigenvalue weighted by Gasteiger charge is 2.01. The summed E-state index contributed by atoms with van der Waals surface area (Å²) in [5.41, 5.74) is 2.57. The summed E-state index contributed by atoms with van der Waals surface area (Å²) in [5.74, 6) is 0.130. The first kappa shape index (κ1) is 19.9. The summed E-state index contributed by atoms with van der Waals surface area (Å²) >= 11 is 0. The van der Waals surface area contributed by atoms with E-state index in [-0.39, 0.29) is 18.3 Å². The Balaban J connectivity index is 0.00000400. The molecule has 1 aromatic rings. The zero-order valence-corrected chi connectivity index (χ0v) is 13.8. The summed E-state index contributed by atoms with van der Waals surface area (Å²) in [6, 6.07) is 8.49. The number of amides is 1. The van der Waals surface area contributed by atoms with E-state index in [2.05, 4.69) is 41.8 Å². The maximum atomic E-state index is 11.6. The number of methoxy groups -OCH3 is 1. The van der Waals surface area contributed by atoms with Crippen LogP contribution in [0.5, 0.6) is 0 Å². The summed E-state index contributed by atoms with van der Waals surface area (Å²) < 4.78 is 4.92. The smallest absolute Gasteiger partial charge is 0.220 e. The van der Waals surface area contributed by atoms with Crippen molar-refractivity contribution in [1.82, 2.24) is 10.6 Å².